The molecular formula is C14H18N2S. The fourth-order valence-corrected chi connectivity index (χ4v) is 2.52. The summed E-state index contributed by atoms with van der Waals surface area (Å²) < 4.78 is 0. The zero-order valence-electron chi connectivity index (χ0n) is 10.6. The van der Waals surface area contributed by atoms with Gasteiger partial charge in [0.05, 0.1) is 11.2 Å². The third kappa shape index (κ3) is 3.07. The van der Waals surface area contributed by atoms with Crippen molar-refractivity contribution in [2.45, 2.75) is 27.2 Å². The number of nitrogens with one attached hydrogen (secondary N) is 1. The second kappa shape index (κ2) is 5.32. The van der Waals surface area contributed by atoms with Crippen LogP contribution in [0.5, 0.6) is 0 Å². The summed E-state index contributed by atoms with van der Waals surface area (Å²) in [6.45, 7) is 7.32. The Balaban J connectivity index is 1.90. The van der Waals surface area contributed by atoms with E-state index in [1.807, 2.05) is 5.51 Å². The Morgan fingerprint density at radius 1 is 1.18 bits per heavy atom. The molecule has 0 aliphatic heterocycles. The third-order valence-corrected chi connectivity index (χ3v) is 4.03. The van der Waals surface area contributed by atoms with E-state index in [0.717, 1.165) is 18.7 Å². The molecule has 0 bridgehead atoms. The Morgan fingerprint density at radius 3 is 2.65 bits per heavy atom. The normalized spacial score (nSPS) is 10.5. The molecule has 0 amide bonds. The van der Waals surface area contributed by atoms with Gasteiger partial charge in [-0.2, -0.15) is 0 Å². The van der Waals surface area contributed by atoms with Gasteiger partial charge in [-0.15, -0.1) is 11.3 Å². The van der Waals surface area contributed by atoms with Gasteiger partial charge in [0.15, 0.2) is 0 Å². The molecule has 0 radical (unpaired) electrons. The summed E-state index contributed by atoms with van der Waals surface area (Å²) in [5.41, 5.74) is 6.96. The molecule has 2 rings (SSSR count). The first-order valence-corrected chi connectivity index (χ1v) is 6.75. The molecule has 17 heavy (non-hydrogen) atoms. The van der Waals surface area contributed by atoms with Crippen molar-refractivity contribution >= 4 is 17.0 Å². The number of anilines is 1. The Hall–Kier alpha value is -1.35. The summed E-state index contributed by atoms with van der Waals surface area (Å²) in [6.07, 6.45) is 1.05. The van der Waals surface area contributed by atoms with Crippen LogP contribution in [0.4, 0.5) is 5.69 Å². The van der Waals surface area contributed by atoms with Crippen LogP contribution in [0.15, 0.2) is 23.7 Å². The van der Waals surface area contributed by atoms with Gasteiger partial charge >= 0.3 is 0 Å². The Labute approximate surface area is 107 Å². The summed E-state index contributed by atoms with van der Waals surface area (Å²) in [4.78, 5) is 5.63. The van der Waals surface area contributed by atoms with E-state index >= 15 is 0 Å². The molecule has 0 atom stereocenters. The number of hydrogen-bond donors (Lipinski definition) is 1. The number of thiazole rings is 1. The maximum Gasteiger partial charge on any atom is 0.0797 e. The molecule has 1 heterocycles. The molecule has 0 saturated heterocycles. The Bertz CT molecular complexity index is 503. The Kier molecular flexibility index (Phi) is 3.79. The number of rotatable bonds is 4. The molecule has 1 N–H and O–H groups in total. The SMILES string of the molecule is Cc1ccc(NCCc2scnc2C)cc1C. The van der Waals surface area contributed by atoms with Gasteiger partial charge in [0.1, 0.15) is 0 Å². The van der Waals surface area contributed by atoms with Crippen molar-refractivity contribution in [2.75, 3.05) is 11.9 Å². The topological polar surface area (TPSA) is 24.9 Å². The van der Waals surface area contributed by atoms with Crippen LogP contribution in [0.25, 0.3) is 0 Å². The smallest absolute Gasteiger partial charge is 0.0797 e. The lowest BCUT2D eigenvalue weighted by atomic mass is 10.1. The van der Waals surface area contributed by atoms with Gasteiger partial charge in [-0.05, 0) is 44.0 Å². The number of hydrogen-bond acceptors (Lipinski definition) is 3. The van der Waals surface area contributed by atoms with Gasteiger partial charge < -0.3 is 5.32 Å². The van der Waals surface area contributed by atoms with Gasteiger partial charge in [0.25, 0.3) is 0 Å². The summed E-state index contributed by atoms with van der Waals surface area (Å²) in [5.74, 6) is 0. The van der Waals surface area contributed by atoms with Crippen LogP contribution in [0.2, 0.25) is 0 Å². The van der Waals surface area contributed by atoms with E-state index in [0.29, 0.717) is 0 Å². The maximum absolute atomic E-state index is 4.26. The van der Waals surface area contributed by atoms with Crippen molar-refractivity contribution in [1.82, 2.24) is 4.98 Å². The summed E-state index contributed by atoms with van der Waals surface area (Å²) >= 11 is 1.74. The standard InChI is InChI=1S/C14H18N2S/c1-10-4-5-13(8-11(10)2)15-7-6-14-12(3)16-9-17-14/h4-5,8-9,15H,6-7H2,1-3H3. The highest BCUT2D eigenvalue weighted by Gasteiger charge is 2.01. The van der Waals surface area contributed by atoms with Gasteiger partial charge in [-0.3, -0.25) is 0 Å². The van der Waals surface area contributed by atoms with Crippen LogP contribution >= 0.6 is 11.3 Å². The Morgan fingerprint density at radius 2 is 2.00 bits per heavy atom. The predicted molar refractivity (Wildman–Crippen MR) is 75.0 cm³/mol. The predicted octanol–water partition coefficient (Wildman–Crippen LogP) is 3.72. The van der Waals surface area contributed by atoms with Crippen LogP contribution in [-0.2, 0) is 6.42 Å². The molecule has 0 aliphatic rings. The van der Waals surface area contributed by atoms with Crippen LogP contribution in [0.1, 0.15) is 21.7 Å². The third-order valence-electron chi connectivity index (χ3n) is 3.03. The largest absolute Gasteiger partial charge is 0.385 e. The van der Waals surface area contributed by atoms with Crippen LogP contribution < -0.4 is 5.32 Å². The second-order valence-corrected chi connectivity index (χ2v) is 5.28. The first-order valence-electron chi connectivity index (χ1n) is 5.87. The number of aromatic nitrogens is 1. The molecule has 0 saturated carbocycles. The van der Waals surface area contributed by atoms with Crippen molar-refractivity contribution < 1.29 is 0 Å². The van der Waals surface area contributed by atoms with E-state index in [2.05, 4.69) is 49.3 Å². The summed E-state index contributed by atoms with van der Waals surface area (Å²) in [5, 5.41) is 3.46. The van der Waals surface area contributed by atoms with Crippen molar-refractivity contribution in [1.29, 1.82) is 0 Å². The van der Waals surface area contributed by atoms with Crippen molar-refractivity contribution in [2.24, 2.45) is 0 Å². The molecule has 0 fully saturated rings. The molecule has 2 nitrogen and oxygen atoms in total. The second-order valence-electron chi connectivity index (χ2n) is 4.34. The van der Waals surface area contributed by atoms with E-state index in [9.17, 15) is 0 Å². The quantitative estimate of drug-likeness (QED) is 0.889. The van der Waals surface area contributed by atoms with Crippen LogP contribution in [0.3, 0.4) is 0 Å². The number of benzene rings is 1. The maximum atomic E-state index is 4.26. The number of aryl methyl sites for hydroxylation is 3. The lowest BCUT2D eigenvalue weighted by Gasteiger charge is -2.08. The molecule has 90 valence electrons. The molecular weight excluding hydrogens is 228 g/mol. The average molecular weight is 246 g/mol. The first-order chi connectivity index (χ1) is 8.16. The van der Waals surface area contributed by atoms with Crippen molar-refractivity contribution in [3.63, 3.8) is 0 Å². The van der Waals surface area contributed by atoms with E-state index in [1.54, 1.807) is 11.3 Å². The number of nitrogens with zero attached hydrogens (tertiary/aromatic N) is 1. The molecule has 2 aromatic rings. The highest BCUT2D eigenvalue weighted by Crippen LogP contribution is 2.16. The van der Waals surface area contributed by atoms with Crippen molar-refractivity contribution in [3.8, 4) is 0 Å². The van der Waals surface area contributed by atoms with Gasteiger partial charge in [-0.1, -0.05) is 6.07 Å². The molecule has 0 aliphatic carbocycles. The average Bonchev–Trinajstić information content (AvgIpc) is 2.70. The van der Waals surface area contributed by atoms with E-state index in [1.165, 1.54) is 21.7 Å². The van der Waals surface area contributed by atoms with Crippen molar-refractivity contribution in [3.05, 3.63) is 45.4 Å². The zero-order valence-corrected chi connectivity index (χ0v) is 11.4. The van der Waals surface area contributed by atoms with E-state index < -0.39 is 0 Å². The van der Waals surface area contributed by atoms with Gasteiger partial charge in [-0.25, -0.2) is 4.98 Å². The minimum Gasteiger partial charge on any atom is -0.385 e. The van der Waals surface area contributed by atoms with E-state index in [4.69, 9.17) is 0 Å². The molecule has 1 aromatic carbocycles. The lowest BCUT2D eigenvalue weighted by molar-refractivity contribution is 1.02. The van der Waals surface area contributed by atoms with Crippen LogP contribution in [-0.4, -0.2) is 11.5 Å². The molecule has 3 heteroatoms. The highest BCUT2D eigenvalue weighted by atomic mass is 32.1. The zero-order chi connectivity index (χ0) is 12.3. The lowest BCUT2D eigenvalue weighted by Crippen LogP contribution is -2.05. The van der Waals surface area contributed by atoms with E-state index in [-0.39, 0.29) is 0 Å². The first kappa shape index (κ1) is 12.1. The fraction of sp³-hybridized carbons (Fsp3) is 0.357. The van der Waals surface area contributed by atoms with Gasteiger partial charge in [0, 0.05) is 23.5 Å². The molecule has 0 spiro atoms. The summed E-state index contributed by atoms with van der Waals surface area (Å²) in [6, 6.07) is 6.51. The molecule has 1 aromatic heterocycles. The summed E-state index contributed by atoms with van der Waals surface area (Å²) in [7, 11) is 0. The highest BCUT2D eigenvalue weighted by molar-refractivity contribution is 7.09. The van der Waals surface area contributed by atoms with Crippen LogP contribution in [0, 0.1) is 20.8 Å². The minimum absolute atomic E-state index is 0.964. The van der Waals surface area contributed by atoms with Gasteiger partial charge in [0.2, 0.25) is 0 Å². The fourth-order valence-electron chi connectivity index (χ4n) is 1.74. The monoisotopic (exact) mass is 246 g/mol. The molecule has 0 unspecified atom stereocenters. The minimum atomic E-state index is 0.964.